The highest BCUT2D eigenvalue weighted by Gasteiger charge is 2.31. The van der Waals surface area contributed by atoms with Crippen LogP contribution in [0.2, 0.25) is 0 Å². The van der Waals surface area contributed by atoms with Crippen molar-refractivity contribution < 1.29 is 28.2 Å². The van der Waals surface area contributed by atoms with Crippen LogP contribution in [0.4, 0.5) is 36.0 Å². The number of carbonyl (C=O) groups excluding carboxylic acids is 3. The first-order valence-electron chi connectivity index (χ1n) is 13.7. The Bertz CT molecular complexity index is 1560. The number of aryl methyl sites for hydroxylation is 1. The first-order valence-corrected chi connectivity index (χ1v) is 13.7. The van der Waals surface area contributed by atoms with E-state index in [-0.39, 0.29) is 17.1 Å². The number of anilines is 3. The van der Waals surface area contributed by atoms with Gasteiger partial charge in [-0.3, -0.25) is 20.5 Å². The number of carbonyl (C=O) groups is 3. The smallest absolute Gasteiger partial charge is 0.414 e. The largest absolute Gasteiger partial charge is 0.444 e. The van der Waals surface area contributed by atoms with Crippen LogP contribution in [-0.4, -0.2) is 53.0 Å². The zero-order valence-corrected chi connectivity index (χ0v) is 25.2. The lowest BCUT2D eigenvalue weighted by Gasteiger charge is -2.33. The molecule has 1 aliphatic rings. The van der Waals surface area contributed by atoms with Crippen molar-refractivity contribution in [1.29, 1.82) is 0 Å². The first-order chi connectivity index (χ1) is 19.6. The fourth-order valence-corrected chi connectivity index (χ4v) is 4.72. The molecule has 0 radical (unpaired) electrons. The molecule has 0 bridgehead atoms. The molecule has 12 heteroatoms. The Hall–Kier alpha value is -4.48. The molecule has 0 spiro atoms. The average molecular weight is 581 g/mol. The number of pyridine rings is 2. The molecule has 0 saturated carbocycles. The van der Waals surface area contributed by atoms with Gasteiger partial charge in [-0.05, 0) is 84.4 Å². The molecule has 0 fully saturated rings. The van der Waals surface area contributed by atoms with Crippen molar-refractivity contribution in [2.24, 2.45) is 0 Å². The van der Waals surface area contributed by atoms with Gasteiger partial charge in [0.25, 0.3) is 0 Å². The molecule has 4 rings (SSSR count). The van der Waals surface area contributed by atoms with Crippen LogP contribution in [0.15, 0.2) is 24.5 Å². The molecule has 0 atom stereocenters. The normalized spacial score (nSPS) is 13.3. The average Bonchev–Trinajstić information content (AvgIpc) is 2.88. The minimum atomic E-state index is -0.844. The molecule has 0 aliphatic carbocycles. The molecule has 4 amide bonds. The van der Waals surface area contributed by atoms with Gasteiger partial charge in [0.15, 0.2) is 5.82 Å². The Balaban J connectivity index is 1.90. The van der Waals surface area contributed by atoms with Gasteiger partial charge in [-0.1, -0.05) is 0 Å². The molecule has 3 heterocycles. The second kappa shape index (κ2) is 11.4. The monoisotopic (exact) mass is 580 g/mol. The third-order valence-corrected chi connectivity index (χ3v) is 6.41. The second-order valence-electron chi connectivity index (χ2n) is 12.1. The van der Waals surface area contributed by atoms with E-state index in [9.17, 15) is 14.4 Å². The SMILES string of the molecule is CNC(=O)Nc1cc2cc(-c3cnc4c(c3C)N(C(=O)OC(C)(C)C)CCC4)c(F)c(NC(=O)OC(C)(C)C)c2cn1. The van der Waals surface area contributed by atoms with E-state index in [1.165, 1.54) is 13.2 Å². The number of urea groups is 1. The van der Waals surface area contributed by atoms with Gasteiger partial charge >= 0.3 is 18.2 Å². The van der Waals surface area contributed by atoms with Gasteiger partial charge in [-0.2, -0.15) is 0 Å². The quantitative estimate of drug-likeness (QED) is 0.321. The maximum Gasteiger partial charge on any atom is 0.414 e. The lowest BCUT2D eigenvalue weighted by molar-refractivity contribution is 0.0575. The molecular formula is C30H37FN6O5. The summed E-state index contributed by atoms with van der Waals surface area (Å²) in [5.41, 5.74) is 0.812. The maximum absolute atomic E-state index is 16.4. The van der Waals surface area contributed by atoms with Crippen LogP contribution in [0.25, 0.3) is 21.9 Å². The third kappa shape index (κ3) is 6.69. The lowest BCUT2D eigenvalue weighted by Crippen LogP contribution is -2.40. The summed E-state index contributed by atoms with van der Waals surface area (Å²) < 4.78 is 27.5. The molecule has 224 valence electrons. The molecule has 1 aliphatic heterocycles. The van der Waals surface area contributed by atoms with E-state index in [4.69, 9.17) is 9.47 Å². The van der Waals surface area contributed by atoms with Gasteiger partial charge in [0.05, 0.1) is 17.1 Å². The van der Waals surface area contributed by atoms with E-state index in [0.717, 1.165) is 0 Å². The van der Waals surface area contributed by atoms with Crippen molar-refractivity contribution in [1.82, 2.24) is 15.3 Å². The van der Waals surface area contributed by atoms with E-state index in [0.29, 0.717) is 52.7 Å². The Kier molecular flexibility index (Phi) is 8.29. The van der Waals surface area contributed by atoms with Crippen molar-refractivity contribution in [2.75, 3.05) is 29.1 Å². The number of hydrogen-bond donors (Lipinski definition) is 3. The standard InChI is InChI=1S/C30H37FN6O5/c1-16-19(14-33-21-10-9-11-37(25(16)21)28(40)42-30(5,6)7)18-12-17-13-22(35-26(38)32-8)34-15-20(17)24(23(18)31)36-27(39)41-29(2,3)4/h12-15H,9-11H2,1-8H3,(H,36,39)(H2,32,34,35,38). The van der Waals surface area contributed by atoms with Crippen LogP contribution >= 0.6 is 0 Å². The van der Waals surface area contributed by atoms with Crippen LogP contribution < -0.4 is 20.9 Å². The van der Waals surface area contributed by atoms with Gasteiger partial charge in [-0.25, -0.2) is 23.8 Å². The number of hydrogen-bond acceptors (Lipinski definition) is 7. The molecule has 42 heavy (non-hydrogen) atoms. The van der Waals surface area contributed by atoms with E-state index >= 15 is 4.39 Å². The number of nitrogens with one attached hydrogen (secondary N) is 3. The summed E-state index contributed by atoms with van der Waals surface area (Å²) in [7, 11) is 1.47. The second-order valence-corrected chi connectivity index (χ2v) is 12.1. The fraction of sp³-hybridized carbons (Fsp3) is 0.433. The van der Waals surface area contributed by atoms with Crippen LogP contribution in [0.1, 0.15) is 59.2 Å². The number of nitrogens with zero attached hydrogens (tertiary/aromatic N) is 3. The molecule has 0 saturated heterocycles. The number of amides is 4. The molecule has 11 nitrogen and oxygen atoms in total. The minimum absolute atomic E-state index is 0.133. The molecule has 1 aromatic carbocycles. The topological polar surface area (TPSA) is 135 Å². The Labute approximate surface area is 244 Å². The molecule has 0 unspecified atom stereocenters. The third-order valence-electron chi connectivity index (χ3n) is 6.41. The van der Waals surface area contributed by atoms with Crippen LogP contribution in [0.3, 0.4) is 0 Å². The summed E-state index contributed by atoms with van der Waals surface area (Å²) in [6, 6.07) is 2.69. The highest BCUT2D eigenvalue weighted by molar-refractivity contribution is 6.05. The Morgan fingerprint density at radius 2 is 1.64 bits per heavy atom. The van der Waals surface area contributed by atoms with Gasteiger partial charge in [-0.15, -0.1) is 0 Å². The van der Waals surface area contributed by atoms with Gasteiger partial charge in [0.1, 0.15) is 17.0 Å². The van der Waals surface area contributed by atoms with E-state index < -0.39 is 35.2 Å². The number of fused-ring (bicyclic) bond motifs is 2. The summed E-state index contributed by atoms with van der Waals surface area (Å²) in [6.07, 6.45) is 2.94. The van der Waals surface area contributed by atoms with Crippen molar-refractivity contribution in [3.05, 3.63) is 41.6 Å². The van der Waals surface area contributed by atoms with E-state index in [1.54, 1.807) is 71.7 Å². The number of aromatic nitrogens is 2. The van der Waals surface area contributed by atoms with Crippen molar-refractivity contribution in [3.63, 3.8) is 0 Å². The summed E-state index contributed by atoms with van der Waals surface area (Å²) in [6.45, 7) is 12.7. The maximum atomic E-state index is 16.4. The van der Waals surface area contributed by atoms with Crippen LogP contribution in [-0.2, 0) is 15.9 Å². The van der Waals surface area contributed by atoms with Gasteiger partial charge < -0.3 is 14.8 Å². The van der Waals surface area contributed by atoms with Gasteiger partial charge in [0, 0.05) is 42.5 Å². The number of halogens is 1. The highest BCUT2D eigenvalue weighted by atomic mass is 19.1. The predicted octanol–water partition coefficient (Wildman–Crippen LogP) is 6.53. The van der Waals surface area contributed by atoms with Crippen LogP contribution in [0.5, 0.6) is 0 Å². The fourth-order valence-electron chi connectivity index (χ4n) is 4.72. The zero-order chi connectivity index (χ0) is 31.0. The number of rotatable bonds is 3. The summed E-state index contributed by atoms with van der Waals surface area (Å²) in [5.74, 6) is -0.509. The number of benzene rings is 1. The van der Waals surface area contributed by atoms with Crippen molar-refractivity contribution in [2.45, 2.75) is 72.5 Å². The van der Waals surface area contributed by atoms with Crippen LogP contribution in [0, 0.1) is 12.7 Å². The Morgan fingerprint density at radius 1 is 0.952 bits per heavy atom. The molecule has 3 N–H and O–H groups in total. The summed E-state index contributed by atoms with van der Waals surface area (Å²) in [5, 5.41) is 8.38. The van der Waals surface area contributed by atoms with Gasteiger partial charge in [0.2, 0.25) is 0 Å². The zero-order valence-electron chi connectivity index (χ0n) is 25.2. The van der Waals surface area contributed by atoms with E-state index in [1.807, 2.05) is 0 Å². The van der Waals surface area contributed by atoms with E-state index in [2.05, 4.69) is 25.9 Å². The van der Waals surface area contributed by atoms with Crippen molar-refractivity contribution in [3.8, 4) is 11.1 Å². The predicted molar refractivity (Wildman–Crippen MR) is 160 cm³/mol. The molecule has 3 aromatic rings. The van der Waals surface area contributed by atoms with Crippen molar-refractivity contribution >= 4 is 46.2 Å². The highest BCUT2D eigenvalue weighted by Crippen LogP contribution is 2.41. The summed E-state index contributed by atoms with van der Waals surface area (Å²) >= 11 is 0. The Morgan fingerprint density at radius 3 is 2.29 bits per heavy atom. The molecule has 2 aromatic heterocycles. The molecular weight excluding hydrogens is 543 g/mol. The minimum Gasteiger partial charge on any atom is -0.444 e. The number of ether oxygens (including phenoxy) is 2. The summed E-state index contributed by atoms with van der Waals surface area (Å²) in [4.78, 5) is 48.2. The lowest BCUT2D eigenvalue weighted by atomic mass is 9.94. The first kappa shape index (κ1) is 30.5.